The summed E-state index contributed by atoms with van der Waals surface area (Å²) in [5, 5.41) is 0. The molecule has 9 atom stereocenters. The summed E-state index contributed by atoms with van der Waals surface area (Å²) in [4.78, 5) is 110. The van der Waals surface area contributed by atoms with Crippen molar-refractivity contribution in [1.29, 1.82) is 0 Å². The van der Waals surface area contributed by atoms with Crippen molar-refractivity contribution in [3.05, 3.63) is 0 Å². The van der Waals surface area contributed by atoms with Gasteiger partial charge in [-0.2, -0.15) is 0 Å². The first-order valence-corrected chi connectivity index (χ1v) is 28.0. The SMILES string of the molecule is CC(C)(Br)C(=O)OC[C@H]1O[C@@](COC(=O)C(C)(C)Br)(O[C@H]2O[C@H](COC(=O)C(C)(C)Br)[C@@H](OC(=O)C(C)(C)Br)[C@H](OC(=O)C(C)(C)Br)[C@H]2OC(=O)C(C)(C)Br)[C@@H](OC(=O)C(C)(C)Br)[C@@H]1OC(=O)C(C)(C)Br. The highest BCUT2D eigenvalue weighted by atomic mass is 79.9. The van der Waals surface area contributed by atoms with E-state index in [1.54, 1.807) is 0 Å². The highest BCUT2D eigenvalue weighted by Gasteiger charge is 2.66. The number of carbonyl (C=O) groups excluding carboxylic acids is 8. The Morgan fingerprint density at radius 1 is 0.380 bits per heavy atom. The third-order valence-electron chi connectivity index (χ3n) is 9.61. The Morgan fingerprint density at radius 2 is 0.676 bits per heavy atom. The van der Waals surface area contributed by atoms with Crippen LogP contribution in [0.4, 0.5) is 0 Å². The molecule has 0 unspecified atom stereocenters. The monoisotopic (exact) mass is 1530 g/mol. The zero-order valence-electron chi connectivity index (χ0n) is 42.0. The summed E-state index contributed by atoms with van der Waals surface area (Å²) in [7, 11) is 0. The molecule has 2 rings (SSSR count). The zero-order valence-corrected chi connectivity index (χ0v) is 54.7. The van der Waals surface area contributed by atoms with Gasteiger partial charge in [-0.1, -0.05) is 127 Å². The number of esters is 8. The molecule has 0 spiro atoms. The van der Waals surface area contributed by atoms with E-state index in [4.69, 9.17) is 52.1 Å². The maximum absolute atomic E-state index is 14.1. The first kappa shape index (κ1) is 66.6. The fraction of sp³-hybridized carbons (Fsp3) is 0.818. The highest BCUT2D eigenvalue weighted by Crippen LogP contribution is 2.44. The average Bonchev–Trinajstić information content (AvgIpc) is 3.44. The summed E-state index contributed by atoms with van der Waals surface area (Å²) in [6.45, 7) is 20.8. The van der Waals surface area contributed by atoms with Crippen LogP contribution >= 0.6 is 127 Å². The van der Waals surface area contributed by atoms with Gasteiger partial charge >= 0.3 is 47.8 Å². The number of rotatable bonds is 21. The molecular weight excluding hydrogens is 1470 g/mol. The smallest absolute Gasteiger partial charge is 0.322 e. The van der Waals surface area contributed by atoms with E-state index in [1.807, 2.05) is 0 Å². The lowest BCUT2D eigenvalue weighted by Crippen LogP contribution is -2.67. The second-order valence-electron chi connectivity index (χ2n) is 20.5. The molecule has 0 aromatic rings. The fourth-order valence-electron chi connectivity index (χ4n) is 5.52. The number of ether oxygens (including phenoxy) is 11. The van der Waals surface area contributed by atoms with Crippen molar-refractivity contribution in [2.24, 2.45) is 0 Å². The molecule has 0 aliphatic carbocycles. The predicted octanol–water partition coefficient (Wildman–Crippen LogP) is 8.40. The molecule has 408 valence electrons. The van der Waals surface area contributed by atoms with Gasteiger partial charge in [0.25, 0.3) is 0 Å². The Hall–Kier alpha value is -0.520. The fourth-order valence-corrected chi connectivity index (χ4v) is 6.33. The Balaban J connectivity index is 3.29. The predicted molar refractivity (Wildman–Crippen MR) is 284 cm³/mol. The molecule has 0 amide bonds. The summed E-state index contributed by atoms with van der Waals surface area (Å²) in [5.74, 6) is -10.3. The van der Waals surface area contributed by atoms with Crippen molar-refractivity contribution >= 4 is 175 Å². The van der Waals surface area contributed by atoms with Gasteiger partial charge in [0.1, 0.15) is 66.6 Å². The Kier molecular flexibility index (Phi) is 22.9. The summed E-state index contributed by atoms with van der Waals surface area (Å²) in [5.41, 5.74) is 0. The summed E-state index contributed by atoms with van der Waals surface area (Å²) >= 11 is 26.2. The van der Waals surface area contributed by atoms with Crippen molar-refractivity contribution in [3.8, 4) is 0 Å². The van der Waals surface area contributed by atoms with Gasteiger partial charge in [-0.3, -0.25) is 38.4 Å². The lowest BCUT2D eigenvalue weighted by atomic mass is 9.96. The number of hydrogen-bond acceptors (Lipinski definition) is 19. The van der Waals surface area contributed by atoms with E-state index < -0.39 is 157 Å². The third kappa shape index (κ3) is 19.5. The largest absolute Gasteiger partial charge is 0.462 e. The lowest BCUT2D eigenvalue weighted by molar-refractivity contribution is -0.385. The Morgan fingerprint density at radius 3 is 1.04 bits per heavy atom. The van der Waals surface area contributed by atoms with Gasteiger partial charge in [-0.15, -0.1) is 0 Å². The van der Waals surface area contributed by atoms with Crippen molar-refractivity contribution in [2.75, 3.05) is 19.8 Å². The quantitative estimate of drug-likeness (QED) is 0.0595. The molecule has 0 N–H and O–H groups in total. The van der Waals surface area contributed by atoms with Crippen molar-refractivity contribution in [3.63, 3.8) is 0 Å². The van der Waals surface area contributed by atoms with Crippen LogP contribution in [0.2, 0.25) is 0 Å². The molecule has 19 nitrogen and oxygen atoms in total. The van der Waals surface area contributed by atoms with Crippen LogP contribution in [-0.2, 0) is 90.5 Å². The molecule has 2 fully saturated rings. The average molecular weight is 1530 g/mol. The van der Waals surface area contributed by atoms with Gasteiger partial charge in [0, 0.05) is 0 Å². The first-order chi connectivity index (χ1) is 31.5. The molecule has 2 aliphatic heterocycles. The number of alkyl halides is 8. The molecule has 27 heteroatoms. The molecule has 71 heavy (non-hydrogen) atoms. The minimum Gasteiger partial charge on any atom is -0.462 e. The molecule has 2 heterocycles. The van der Waals surface area contributed by atoms with Crippen LogP contribution in [0.15, 0.2) is 0 Å². The molecule has 0 saturated carbocycles. The van der Waals surface area contributed by atoms with Crippen molar-refractivity contribution in [1.82, 2.24) is 0 Å². The molecule has 2 saturated heterocycles. The molecule has 0 aromatic carbocycles. The normalized spacial score (nSPS) is 25.8. The van der Waals surface area contributed by atoms with E-state index >= 15 is 0 Å². The van der Waals surface area contributed by atoms with E-state index in [9.17, 15) is 38.4 Å². The number of carbonyl (C=O) groups is 8. The van der Waals surface area contributed by atoms with Gasteiger partial charge < -0.3 is 52.1 Å². The van der Waals surface area contributed by atoms with Crippen molar-refractivity contribution in [2.45, 2.75) is 200 Å². The Bertz CT molecular complexity index is 1980. The number of halogens is 8. The van der Waals surface area contributed by atoms with Crippen molar-refractivity contribution < 1.29 is 90.5 Å². The first-order valence-electron chi connectivity index (χ1n) is 21.6. The summed E-state index contributed by atoms with van der Waals surface area (Å²) in [6, 6.07) is 0. The van der Waals surface area contributed by atoms with E-state index in [1.165, 1.54) is 111 Å². The standard InChI is InChI=1S/C44H62Br8O19/c1-36(2,45)28(53)61-17-20-22(65-31(56)39(7,8)48)24(67-33(58)41(11,12)50)25(68-34(59)42(13,14)51)27(64-20)71-44(19-63-30(55)38(5,6)47)26(69-35(60)43(15,16)52)23(66-32(57)40(9,10)49)21(70-44)18-62-29(54)37(3,4)46/h20-27H,17-19H2,1-16H3/t20-,21-,22-,23-,24+,25-,26+,27-,44+/m1/s1. The van der Waals surface area contributed by atoms with Gasteiger partial charge in [-0.05, 0) is 111 Å². The van der Waals surface area contributed by atoms with Crippen LogP contribution in [0.25, 0.3) is 0 Å². The van der Waals surface area contributed by atoms with Gasteiger partial charge in [-0.25, -0.2) is 0 Å². The van der Waals surface area contributed by atoms with Crippen LogP contribution < -0.4 is 0 Å². The minimum atomic E-state index is -2.76. The topological polar surface area (TPSA) is 238 Å². The maximum Gasteiger partial charge on any atom is 0.322 e. The van der Waals surface area contributed by atoms with Crippen LogP contribution in [0.3, 0.4) is 0 Å². The second kappa shape index (κ2) is 24.4. The maximum atomic E-state index is 14.1. The van der Waals surface area contributed by atoms with Crippen LogP contribution in [-0.4, -0.2) is 157 Å². The molecule has 0 aromatic heterocycles. The molecule has 2 aliphatic rings. The molecule has 0 radical (unpaired) electrons. The Labute approximate surface area is 481 Å². The van der Waals surface area contributed by atoms with E-state index in [0.717, 1.165) is 0 Å². The minimum absolute atomic E-state index is 0.729. The highest BCUT2D eigenvalue weighted by molar-refractivity contribution is 9.11. The molecular formula is C44H62Br8O19. The zero-order chi connectivity index (χ0) is 55.6. The van der Waals surface area contributed by atoms with Crippen LogP contribution in [0.5, 0.6) is 0 Å². The number of hydrogen-bond donors (Lipinski definition) is 0. The van der Waals surface area contributed by atoms with Gasteiger partial charge in [0.05, 0.1) is 0 Å². The third-order valence-corrected chi connectivity index (χ3v) is 12.2. The van der Waals surface area contributed by atoms with Crippen LogP contribution in [0.1, 0.15) is 111 Å². The van der Waals surface area contributed by atoms with Crippen LogP contribution in [0, 0.1) is 0 Å². The van der Waals surface area contributed by atoms with E-state index in [2.05, 4.69) is 127 Å². The van der Waals surface area contributed by atoms with Gasteiger partial charge in [0.15, 0.2) is 30.5 Å². The summed E-state index contributed by atoms with van der Waals surface area (Å²) < 4.78 is 56.3. The van der Waals surface area contributed by atoms with E-state index in [-0.39, 0.29) is 0 Å². The second-order valence-corrected chi connectivity index (χ2v) is 36.3. The molecule has 0 bridgehead atoms. The van der Waals surface area contributed by atoms with Gasteiger partial charge in [0.2, 0.25) is 12.1 Å². The lowest BCUT2D eigenvalue weighted by Gasteiger charge is -2.47. The van der Waals surface area contributed by atoms with E-state index in [0.29, 0.717) is 0 Å². The summed E-state index contributed by atoms with van der Waals surface area (Å²) in [6.07, 6.45) is -15.1.